The minimum atomic E-state index is -0.272. The summed E-state index contributed by atoms with van der Waals surface area (Å²) < 4.78 is 16.4. The summed E-state index contributed by atoms with van der Waals surface area (Å²) in [6, 6.07) is 0. The molecule has 0 amide bonds. The third kappa shape index (κ3) is 3.64. The summed E-state index contributed by atoms with van der Waals surface area (Å²) >= 11 is 0. The minimum absolute atomic E-state index is 0.0268. The summed E-state index contributed by atoms with van der Waals surface area (Å²) in [5, 5.41) is 0. The third-order valence-electron chi connectivity index (χ3n) is 6.81. The average molecular weight is 351 g/mol. The van der Waals surface area contributed by atoms with Crippen LogP contribution in [0.25, 0.3) is 0 Å². The Labute approximate surface area is 151 Å². The first-order valence-electron chi connectivity index (χ1n) is 9.50. The highest BCUT2D eigenvalue weighted by Gasteiger charge is 2.55. The van der Waals surface area contributed by atoms with Crippen molar-refractivity contribution in [2.45, 2.75) is 51.4 Å². The smallest absolute Gasteiger partial charge is 0.310 e. The maximum atomic E-state index is 12.6. The Morgan fingerprint density at radius 2 is 2.12 bits per heavy atom. The van der Waals surface area contributed by atoms with Crippen LogP contribution in [0.15, 0.2) is 12.2 Å². The second-order valence-electron chi connectivity index (χ2n) is 8.53. The van der Waals surface area contributed by atoms with Gasteiger partial charge in [0.25, 0.3) is 0 Å². The van der Waals surface area contributed by atoms with E-state index in [2.05, 4.69) is 18.4 Å². The van der Waals surface area contributed by atoms with Crippen LogP contribution in [0.5, 0.6) is 0 Å². The van der Waals surface area contributed by atoms with E-state index in [1.54, 1.807) is 14.2 Å². The van der Waals surface area contributed by atoms with Crippen molar-refractivity contribution in [2.24, 2.45) is 23.2 Å². The van der Waals surface area contributed by atoms with Crippen molar-refractivity contribution >= 4 is 5.97 Å². The third-order valence-corrected chi connectivity index (χ3v) is 6.81. The molecular formula is C20H33NO4. The summed E-state index contributed by atoms with van der Waals surface area (Å²) in [6.45, 7) is 8.06. The Bertz CT molecular complexity index is 518. The number of carbonyl (C=O) groups excluding carboxylic acids is 1. The van der Waals surface area contributed by atoms with E-state index in [1.807, 2.05) is 7.05 Å². The number of hydrogen-bond donors (Lipinski definition) is 0. The molecule has 1 heterocycles. The van der Waals surface area contributed by atoms with E-state index in [0.29, 0.717) is 24.9 Å². The van der Waals surface area contributed by atoms with E-state index in [0.717, 1.165) is 19.3 Å². The zero-order valence-corrected chi connectivity index (χ0v) is 16.1. The predicted octanol–water partition coefficient (Wildman–Crippen LogP) is 2.85. The zero-order valence-electron chi connectivity index (χ0n) is 16.1. The van der Waals surface area contributed by atoms with Gasteiger partial charge >= 0.3 is 5.97 Å². The van der Waals surface area contributed by atoms with Crippen LogP contribution in [0.4, 0.5) is 0 Å². The number of fused-ring (bicyclic) bond motifs is 2. The van der Waals surface area contributed by atoms with Crippen LogP contribution >= 0.6 is 0 Å². The van der Waals surface area contributed by atoms with Crippen LogP contribution in [-0.4, -0.2) is 57.6 Å². The molecule has 0 N–H and O–H groups in total. The van der Waals surface area contributed by atoms with Gasteiger partial charge in [0.05, 0.1) is 5.92 Å². The molecular weight excluding hydrogens is 318 g/mol. The lowest BCUT2D eigenvalue weighted by molar-refractivity contribution is -0.147. The van der Waals surface area contributed by atoms with Crippen LogP contribution in [0.2, 0.25) is 0 Å². The average Bonchev–Trinajstić information content (AvgIpc) is 2.85. The SMILES string of the molecule is C=C1CCC[C@]2(C)C[C@H]3OC(=O)[C@H](CN(C)CC(OC)OC)[C@H]3C[C@@H]12. The van der Waals surface area contributed by atoms with Gasteiger partial charge in [-0.25, -0.2) is 0 Å². The molecule has 0 radical (unpaired) electrons. The van der Waals surface area contributed by atoms with Gasteiger partial charge in [-0.3, -0.25) is 4.79 Å². The molecule has 142 valence electrons. The first-order chi connectivity index (χ1) is 11.9. The van der Waals surface area contributed by atoms with Crippen LogP contribution in [0, 0.1) is 23.2 Å². The Balaban J connectivity index is 1.68. The van der Waals surface area contributed by atoms with E-state index >= 15 is 0 Å². The molecule has 3 rings (SSSR count). The normalized spacial score (nSPS) is 38.0. The van der Waals surface area contributed by atoms with Crippen molar-refractivity contribution in [3.63, 3.8) is 0 Å². The lowest BCUT2D eigenvalue weighted by Crippen LogP contribution is -2.46. The molecule has 0 aromatic heterocycles. The fraction of sp³-hybridized carbons (Fsp3) is 0.850. The van der Waals surface area contributed by atoms with Crippen LogP contribution in [0.3, 0.4) is 0 Å². The molecule has 5 nitrogen and oxygen atoms in total. The fourth-order valence-corrected chi connectivity index (χ4v) is 5.37. The molecule has 3 fully saturated rings. The molecule has 5 heteroatoms. The molecule has 0 aromatic rings. The summed E-state index contributed by atoms with van der Waals surface area (Å²) in [4.78, 5) is 14.7. The topological polar surface area (TPSA) is 48.0 Å². The monoisotopic (exact) mass is 351 g/mol. The highest BCUT2D eigenvalue weighted by Crippen LogP contribution is 2.56. The molecule has 0 bridgehead atoms. The Morgan fingerprint density at radius 3 is 2.80 bits per heavy atom. The largest absolute Gasteiger partial charge is 0.462 e. The Morgan fingerprint density at radius 1 is 1.40 bits per heavy atom. The maximum Gasteiger partial charge on any atom is 0.310 e. The van der Waals surface area contributed by atoms with E-state index in [9.17, 15) is 4.79 Å². The van der Waals surface area contributed by atoms with Gasteiger partial charge in [0, 0.05) is 33.2 Å². The van der Waals surface area contributed by atoms with E-state index in [-0.39, 0.29) is 29.7 Å². The van der Waals surface area contributed by atoms with Gasteiger partial charge < -0.3 is 19.1 Å². The van der Waals surface area contributed by atoms with Crippen molar-refractivity contribution in [1.82, 2.24) is 4.90 Å². The quantitative estimate of drug-likeness (QED) is 0.418. The van der Waals surface area contributed by atoms with E-state index < -0.39 is 0 Å². The molecule has 1 aliphatic heterocycles. The summed E-state index contributed by atoms with van der Waals surface area (Å²) in [6.07, 6.45) is 5.43. The van der Waals surface area contributed by atoms with Crippen molar-refractivity contribution in [3.05, 3.63) is 12.2 Å². The number of ether oxygens (including phenoxy) is 3. The van der Waals surface area contributed by atoms with Gasteiger partial charge in [0.2, 0.25) is 0 Å². The van der Waals surface area contributed by atoms with Gasteiger partial charge in [-0.2, -0.15) is 0 Å². The van der Waals surface area contributed by atoms with E-state index in [4.69, 9.17) is 14.2 Å². The van der Waals surface area contributed by atoms with Gasteiger partial charge in [-0.05, 0) is 50.5 Å². The number of carbonyl (C=O) groups is 1. The number of methoxy groups -OCH3 is 2. The molecule has 3 aliphatic rings. The standard InChI is InChI=1S/C20H33NO4/c1-13-7-6-8-20(2)10-17-14(9-16(13)20)15(19(22)25-17)11-21(3)12-18(23-4)24-5/h14-18H,1,6-12H2,2-5H3/t14-,15-,16+,17-,20-/m1/s1. The molecule has 0 unspecified atom stereocenters. The first kappa shape index (κ1) is 18.9. The second-order valence-corrected chi connectivity index (χ2v) is 8.53. The highest BCUT2D eigenvalue weighted by atomic mass is 16.7. The van der Waals surface area contributed by atoms with Crippen molar-refractivity contribution < 1.29 is 19.0 Å². The molecule has 2 aliphatic carbocycles. The summed E-state index contributed by atoms with van der Waals surface area (Å²) in [5.41, 5.74) is 1.65. The predicted molar refractivity (Wildman–Crippen MR) is 96.0 cm³/mol. The molecule has 5 atom stereocenters. The van der Waals surface area contributed by atoms with Gasteiger partial charge in [0.15, 0.2) is 6.29 Å². The Hall–Kier alpha value is -0.910. The number of allylic oxidation sites excluding steroid dienone is 1. The lowest BCUT2D eigenvalue weighted by Gasteiger charge is -2.50. The second kappa shape index (κ2) is 7.37. The number of likely N-dealkylation sites (N-methyl/N-ethyl adjacent to an activating group) is 1. The Kier molecular flexibility index (Phi) is 5.57. The fourth-order valence-electron chi connectivity index (χ4n) is 5.37. The zero-order chi connectivity index (χ0) is 18.2. The summed E-state index contributed by atoms with van der Waals surface area (Å²) in [5.74, 6) is 0.770. The van der Waals surface area contributed by atoms with Gasteiger partial charge in [-0.15, -0.1) is 0 Å². The van der Waals surface area contributed by atoms with E-state index in [1.165, 1.54) is 18.4 Å². The van der Waals surface area contributed by atoms with Crippen LogP contribution in [-0.2, 0) is 19.0 Å². The number of esters is 1. The van der Waals surface area contributed by atoms with Crippen molar-refractivity contribution in [3.8, 4) is 0 Å². The number of hydrogen-bond acceptors (Lipinski definition) is 5. The highest BCUT2D eigenvalue weighted by molar-refractivity contribution is 5.75. The summed E-state index contributed by atoms with van der Waals surface area (Å²) in [7, 11) is 5.29. The number of rotatable bonds is 6. The lowest BCUT2D eigenvalue weighted by atomic mass is 9.55. The van der Waals surface area contributed by atoms with Crippen LogP contribution < -0.4 is 0 Å². The number of nitrogens with zero attached hydrogens (tertiary/aromatic N) is 1. The molecule has 1 saturated heterocycles. The molecule has 0 spiro atoms. The van der Waals surface area contributed by atoms with Crippen molar-refractivity contribution in [2.75, 3.05) is 34.4 Å². The van der Waals surface area contributed by atoms with Gasteiger partial charge in [0.1, 0.15) is 6.10 Å². The van der Waals surface area contributed by atoms with Crippen LogP contribution in [0.1, 0.15) is 39.0 Å². The molecule has 0 aromatic carbocycles. The minimum Gasteiger partial charge on any atom is -0.462 e. The van der Waals surface area contributed by atoms with Crippen molar-refractivity contribution in [1.29, 1.82) is 0 Å². The molecule has 2 saturated carbocycles. The maximum absolute atomic E-state index is 12.6. The first-order valence-corrected chi connectivity index (χ1v) is 9.50. The molecule has 25 heavy (non-hydrogen) atoms. The van der Waals surface area contributed by atoms with Gasteiger partial charge in [-0.1, -0.05) is 19.1 Å².